The number of rotatable bonds is 6. The van der Waals surface area contributed by atoms with Crippen molar-refractivity contribution in [1.82, 2.24) is 5.43 Å². The molecule has 4 N–H and O–H groups in total. The van der Waals surface area contributed by atoms with Gasteiger partial charge in [0.15, 0.2) is 0 Å². The van der Waals surface area contributed by atoms with E-state index >= 15 is 0 Å². The minimum absolute atomic E-state index is 0.496. The molecule has 0 amide bonds. The van der Waals surface area contributed by atoms with Gasteiger partial charge in [-0.3, -0.25) is 5.43 Å². The van der Waals surface area contributed by atoms with Crippen LogP contribution in [0.1, 0.15) is 5.56 Å². The molecule has 0 aliphatic heterocycles. The summed E-state index contributed by atoms with van der Waals surface area (Å²) in [6.07, 6.45) is 0. The molecule has 18 heavy (non-hydrogen) atoms. The molecule has 1 aromatic rings. The van der Waals surface area contributed by atoms with E-state index in [0.717, 1.165) is 11.3 Å². The summed E-state index contributed by atoms with van der Waals surface area (Å²) in [5.41, 5.74) is 4.47. The number of methoxy groups -OCH3 is 2. The predicted molar refractivity (Wildman–Crippen MR) is 72.3 cm³/mol. The van der Waals surface area contributed by atoms with E-state index in [2.05, 4.69) is 15.7 Å². The highest BCUT2D eigenvalue weighted by molar-refractivity contribution is 5.93. The lowest BCUT2D eigenvalue weighted by Crippen LogP contribution is -2.36. The summed E-state index contributed by atoms with van der Waals surface area (Å²) in [6.45, 7) is 1.61. The first-order valence-electron chi connectivity index (χ1n) is 5.65. The molecule has 0 aliphatic carbocycles. The molecule has 0 bridgehead atoms. The Bertz CT molecular complexity index is 382. The largest absolute Gasteiger partial charge is 0.383 e. The summed E-state index contributed by atoms with van der Waals surface area (Å²) < 4.78 is 10.1. The maximum absolute atomic E-state index is 5.41. The molecular weight excluding hydrogens is 232 g/mol. The van der Waals surface area contributed by atoms with Crippen LogP contribution in [0.5, 0.6) is 0 Å². The van der Waals surface area contributed by atoms with E-state index in [1.807, 2.05) is 24.3 Å². The first-order chi connectivity index (χ1) is 8.81. The summed E-state index contributed by atoms with van der Waals surface area (Å²) in [7, 11) is 3.29. The number of aliphatic imine (C=N–C) groups is 1. The van der Waals surface area contributed by atoms with Gasteiger partial charge < -0.3 is 14.8 Å². The van der Waals surface area contributed by atoms with Crippen LogP contribution in [0.15, 0.2) is 29.3 Å². The lowest BCUT2D eigenvalue weighted by atomic mass is 10.2. The maximum atomic E-state index is 5.41. The zero-order valence-electron chi connectivity index (χ0n) is 10.8. The van der Waals surface area contributed by atoms with Crippen LogP contribution in [-0.2, 0) is 16.1 Å². The summed E-state index contributed by atoms with van der Waals surface area (Å²) >= 11 is 0. The highest BCUT2D eigenvalue weighted by Gasteiger charge is 2.03. The van der Waals surface area contributed by atoms with E-state index in [1.54, 1.807) is 14.2 Å². The first-order valence-corrected chi connectivity index (χ1v) is 5.65. The van der Waals surface area contributed by atoms with Gasteiger partial charge in [-0.1, -0.05) is 18.2 Å². The van der Waals surface area contributed by atoms with Crippen molar-refractivity contribution >= 4 is 11.6 Å². The molecule has 0 atom stereocenters. The SMILES string of the molecule is COCCN=C(NN)Nc1ccccc1COC. The minimum atomic E-state index is 0.496. The van der Waals surface area contributed by atoms with Crippen molar-refractivity contribution in [2.75, 3.05) is 32.7 Å². The van der Waals surface area contributed by atoms with E-state index in [0.29, 0.717) is 25.7 Å². The van der Waals surface area contributed by atoms with Crippen LogP contribution in [0.2, 0.25) is 0 Å². The topological polar surface area (TPSA) is 80.9 Å². The van der Waals surface area contributed by atoms with Crippen LogP contribution < -0.4 is 16.6 Å². The Hall–Kier alpha value is -1.63. The van der Waals surface area contributed by atoms with Gasteiger partial charge in [0.25, 0.3) is 0 Å². The minimum Gasteiger partial charge on any atom is -0.383 e. The fraction of sp³-hybridized carbons (Fsp3) is 0.417. The second-order valence-electron chi connectivity index (χ2n) is 3.58. The van der Waals surface area contributed by atoms with E-state index in [-0.39, 0.29) is 0 Å². The molecule has 1 aromatic carbocycles. The zero-order valence-corrected chi connectivity index (χ0v) is 10.8. The number of hydrogen-bond acceptors (Lipinski definition) is 4. The number of para-hydroxylation sites is 1. The molecule has 100 valence electrons. The highest BCUT2D eigenvalue weighted by atomic mass is 16.5. The predicted octanol–water partition coefficient (Wildman–Crippen LogP) is 0.711. The second-order valence-corrected chi connectivity index (χ2v) is 3.58. The van der Waals surface area contributed by atoms with Gasteiger partial charge in [-0.05, 0) is 6.07 Å². The summed E-state index contributed by atoms with van der Waals surface area (Å²) in [4.78, 5) is 4.23. The van der Waals surface area contributed by atoms with Gasteiger partial charge in [-0.2, -0.15) is 0 Å². The van der Waals surface area contributed by atoms with Crippen LogP contribution in [0, 0.1) is 0 Å². The monoisotopic (exact) mass is 252 g/mol. The van der Waals surface area contributed by atoms with E-state index in [4.69, 9.17) is 15.3 Å². The number of nitrogens with one attached hydrogen (secondary N) is 2. The number of anilines is 1. The van der Waals surface area contributed by atoms with Crippen LogP contribution in [0.25, 0.3) is 0 Å². The molecule has 0 aromatic heterocycles. The normalized spacial score (nSPS) is 11.4. The number of nitrogens with zero attached hydrogens (tertiary/aromatic N) is 1. The smallest absolute Gasteiger partial charge is 0.210 e. The Morgan fingerprint density at radius 3 is 2.72 bits per heavy atom. The Morgan fingerprint density at radius 1 is 1.28 bits per heavy atom. The van der Waals surface area contributed by atoms with Gasteiger partial charge in [0.05, 0.1) is 19.8 Å². The molecular formula is C12H20N4O2. The van der Waals surface area contributed by atoms with Gasteiger partial charge >= 0.3 is 0 Å². The fourth-order valence-corrected chi connectivity index (χ4v) is 1.42. The van der Waals surface area contributed by atoms with Crippen molar-refractivity contribution in [3.63, 3.8) is 0 Å². The number of nitrogens with two attached hydrogens (primary N) is 1. The number of ether oxygens (including phenoxy) is 2. The van der Waals surface area contributed by atoms with Crippen molar-refractivity contribution in [2.45, 2.75) is 6.61 Å². The maximum Gasteiger partial charge on any atom is 0.210 e. The van der Waals surface area contributed by atoms with Crippen LogP contribution in [0.4, 0.5) is 5.69 Å². The standard InChI is InChI=1S/C12H20N4O2/c1-17-8-7-14-12(16-13)15-11-6-4-3-5-10(11)9-18-2/h3-6H,7-9,13H2,1-2H3,(H2,14,15,16). The summed E-state index contributed by atoms with van der Waals surface area (Å²) in [6, 6.07) is 7.81. The van der Waals surface area contributed by atoms with Crippen molar-refractivity contribution in [2.24, 2.45) is 10.8 Å². The molecule has 6 heteroatoms. The van der Waals surface area contributed by atoms with E-state index < -0.39 is 0 Å². The molecule has 1 rings (SSSR count). The van der Waals surface area contributed by atoms with Gasteiger partial charge in [0.2, 0.25) is 5.96 Å². The third-order valence-corrected chi connectivity index (χ3v) is 2.27. The van der Waals surface area contributed by atoms with Gasteiger partial charge in [-0.25, -0.2) is 10.8 Å². The molecule has 0 saturated carbocycles. The van der Waals surface area contributed by atoms with Crippen molar-refractivity contribution < 1.29 is 9.47 Å². The Labute approximate surface area is 107 Å². The summed E-state index contributed by atoms with van der Waals surface area (Å²) in [5, 5.41) is 3.12. The molecule has 0 radical (unpaired) electrons. The van der Waals surface area contributed by atoms with E-state index in [1.165, 1.54) is 0 Å². The average molecular weight is 252 g/mol. The number of hydrogen-bond donors (Lipinski definition) is 3. The van der Waals surface area contributed by atoms with Crippen LogP contribution in [0.3, 0.4) is 0 Å². The van der Waals surface area contributed by atoms with Gasteiger partial charge in [0.1, 0.15) is 0 Å². The average Bonchev–Trinajstić information content (AvgIpc) is 2.40. The van der Waals surface area contributed by atoms with Gasteiger partial charge in [0, 0.05) is 25.5 Å². The molecule has 0 saturated heterocycles. The molecule has 0 fully saturated rings. The lowest BCUT2D eigenvalue weighted by Gasteiger charge is -2.13. The number of hydrazine groups is 1. The van der Waals surface area contributed by atoms with Crippen molar-refractivity contribution in [1.29, 1.82) is 0 Å². The Morgan fingerprint density at radius 2 is 2.06 bits per heavy atom. The lowest BCUT2D eigenvalue weighted by molar-refractivity contribution is 0.185. The third-order valence-electron chi connectivity index (χ3n) is 2.27. The quantitative estimate of drug-likeness (QED) is 0.228. The zero-order chi connectivity index (χ0) is 13.2. The van der Waals surface area contributed by atoms with Crippen molar-refractivity contribution in [3.05, 3.63) is 29.8 Å². The van der Waals surface area contributed by atoms with Crippen LogP contribution >= 0.6 is 0 Å². The number of benzene rings is 1. The number of guanidine groups is 1. The van der Waals surface area contributed by atoms with Gasteiger partial charge in [-0.15, -0.1) is 0 Å². The molecule has 0 unspecified atom stereocenters. The molecule has 6 nitrogen and oxygen atoms in total. The summed E-state index contributed by atoms with van der Waals surface area (Å²) in [5.74, 6) is 5.91. The second kappa shape index (κ2) is 8.46. The third kappa shape index (κ3) is 4.70. The first kappa shape index (κ1) is 14.4. The Balaban J connectivity index is 2.71. The van der Waals surface area contributed by atoms with Crippen molar-refractivity contribution in [3.8, 4) is 0 Å². The highest BCUT2D eigenvalue weighted by Crippen LogP contribution is 2.15. The molecule has 0 spiro atoms. The molecule has 0 aliphatic rings. The van der Waals surface area contributed by atoms with E-state index in [9.17, 15) is 0 Å². The Kier molecular flexibility index (Phi) is 6.78. The van der Waals surface area contributed by atoms with Crippen LogP contribution in [-0.4, -0.2) is 33.3 Å². The fourth-order valence-electron chi connectivity index (χ4n) is 1.42. The molecule has 0 heterocycles.